The Kier molecular flexibility index (Phi) is 3.39. The molecule has 0 fully saturated rings. The molecule has 1 atom stereocenters. The molecule has 5 heteroatoms. The number of hydrazine groups is 1. The van der Waals surface area contributed by atoms with Gasteiger partial charge in [-0.1, -0.05) is 6.07 Å². The van der Waals surface area contributed by atoms with Crippen LogP contribution in [0.25, 0.3) is 0 Å². The van der Waals surface area contributed by atoms with Gasteiger partial charge in [0.2, 0.25) is 0 Å². The number of ether oxygens (including phenoxy) is 2. The lowest BCUT2D eigenvalue weighted by Crippen LogP contribution is -2.28. The molecule has 19 heavy (non-hydrogen) atoms. The smallest absolute Gasteiger partial charge is 0.161 e. The van der Waals surface area contributed by atoms with E-state index in [1.165, 1.54) is 0 Å². The second kappa shape index (κ2) is 5.34. The Morgan fingerprint density at radius 3 is 2.63 bits per heavy atom. The minimum atomic E-state index is -0.129. The highest BCUT2D eigenvalue weighted by Crippen LogP contribution is 2.33. The van der Waals surface area contributed by atoms with E-state index in [1.807, 2.05) is 24.3 Å². The zero-order valence-corrected chi connectivity index (χ0v) is 10.5. The third-order valence-electron chi connectivity index (χ3n) is 3.15. The molecular formula is C14H16N2O3. The topological polar surface area (TPSA) is 69.7 Å². The van der Waals surface area contributed by atoms with Crippen LogP contribution in [-0.2, 0) is 0 Å². The summed E-state index contributed by atoms with van der Waals surface area (Å²) in [5.41, 5.74) is 4.76. The van der Waals surface area contributed by atoms with Gasteiger partial charge in [-0.15, -0.1) is 0 Å². The molecule has 0 saturated heterocycles. The average Bonchev–Trinajstić information content (AvgIpc) is 2.85. The van der Waals surface area contributed by atoms with Crippen LogP contribution in [0.3, 0.4) is 0 Å². The van der Waals surface area contributed by atoms with Gasteiger partial charge in [-0.05, 0) is 23.8 Å². The number of benzene rings is 1. The molecule has 1 aliphatic rings. The lowest BCUT2D eigenvalue weighted by atomic mass is 10.0. The van der Waals surface area contributed by atoms with Gasteiger partial charge in [-0.3, -0.25) is 5.84 Å². The summed E-state index contributed by atoms with van der Waals surface area (Å²) in [7, 11) is 0. The number of fused-ring (bicyclic) bond motifs is 1. The first-order valence-corrected chi connectivity index (χ1v) is 6.26. The molecule has 1 aromatic carbocycles. The fourth-order valence-electron chi connectivity index (χ4n) is 2.18. The quantitative estimate of drug-likeness (QED) is 0.652. The lowest BCUT2D eigenvalue weighted by Gasteiger charge is -2.16. The van der Waals surface area contributed by atoms with Crippen LogP contribution in [-0.4, -0.2) is 13.2 Å². The van der Waals surface area contributed by atoms with Crippen LogP contribution < -0.4 is 20.7 Å². The summed E-state index contributed by atoms with van der Waals surface area (Å²) in [4.78, 5) is 0. The van der Waals surface area contributed by atoms with Gasteiger partial charge in [-0.25, -0.2) is 5.43 Å². The molecule has 1 unspecified atom stereocenters. The maximum Gasteiger partial charge on any atom is 0.161 e. The molecule has 2 heterocycles. The summed E-state index contributed by atoms with van der Waals surface area (Å²) in [6.45, 7) is 1.36. The fraction of sp³-hybridized carbons (Fsp3) is 0.286. The number of nitrogens with two attached hydrogens (primary N) is 1. The molecule has 0 saturated carbocycles. The molecule has 3 rings (SSSR count). The molecule has 5 nitrogen and oxygen atoms in total. The highest BCUT2D eigenvalue weighted by Gasteiger charge is 2.17. The Morgan fingerprint density at radius 2 is 1.89 bits per heavy atom. The minimum absolute atomic E-state index is 0.129. The van der Waals surface area contributed by atoms with E-state index in [4.69, 9.17) is 19.7 Å². The van der Waals surface area contributed by atoms with Gasteiger partial charge in [0.25, 0.3) is 0 Å². The molecule has 100 valence electrons. The van der Waals surface area contributed by atoms with E-state index in [9.17, 15) is 0 Å². The van der Waals surface area contributed by atoms with E-state index in [2.05, 4.69) is 5.43 Å². The number of furan rings is 1. The van der Waals surface area contributed by atoms with E-state index in [0.29, 0.717) is 13.2 Å². The van der Waals surface area contributed by atoms with Crippen LogP contribution in [0.5, 0.6) is 11.5 Å². The van der Waals surface area contributed by atoms with Crippen molar-refractivity contribution in [1.29, 1.82) is 0 Å². The summed E-state index contributed by atoms with van der Waals surface area (Å²) in [6, 6.07) is 7.60. The summed E-state index contributed by atoms with van der Waals surface area (Å²) >= 11 is 0. The van der Waals surface area contributed by atoms with Gasteiger partial charge in [0.05, 0.1) is 31.8 Å². The van der Waals surface area contributed by atoms with E-state index >= 15 is 0 Å². The van der Waals surface area contributed by atoms with Gasteiger partial charge in [0, 0.05) is 12.0 Å². The minimum Gasteiger partial charge on any atom is -0.490 e. The van der Waals surface area contributed by atoms with Crippen LogP contribution in [0.15, 0.2) is 41.2 Å². The predicted octanol–water partition coefficient (Wildman–Crippen LogP) is 1.99. The summed E-state index contributed by atoms with van der Waals surface area (Å²) in [5, 5.41) is 0. The van der Waals surface area contributed by atoms with Crippen molar-refractivity contribution in [1.82, 2.24) is 5.43 Å². The van der Waals surface area contributed by atoms with Crippen molar-refractivity contribution >= 4 is 0 Å². The summed E-state index contributed by atoms with van der Waals surface area (Å²) < 4.78 is 16.4. The highest BCUT2D eigenvalue weighted by atomic mass is 16.5. The van der Waals surface area contributed by atoms with Crippen LogP contribution in [0.4, 0.5) is 0 Å². The third kappa shape index (κ3) is 2.43. The van der Waals surface area contributed by atoms with Gasteiger partial charge in [0.15, 0.2) is 11.5 Å². The Balaban J connectivity index is 1.94. The van der Waals surface area contributed by atoms with Crippen molar-refractivity contribution < 1.29 is 13.9 Å². The van der Waals surface area contributed by atoms with E-state index in [-0.39, 0.29) is 6.04 Å². The van der Waals surface area contributed by atoms with Crippen LogP contribution in [0.2, 0.25) is 0 Å². The maximum absolute atomic E-state index is 5.68. The molecule has 2 aromatic rings. The number of hydrogen-bond donors (Lipinski definition) is 2. The van der Waals surface area contributed by atoms with Gasteiger partial charge in [-0.2, -0.15) is 0 Å². The zero-order chi connectivity index (χ0) is 13.1. The van der Waals surface area contributed by atoms with Crippen LogP contribution >= 0.6 is 0 Å². The van der Waals surface area contributed by atoms with Gasteiger partial charge >= 0.3 is 0 Å². The van der Waals surface area contributed by atoms with Crippen molar-refractivity contribution in [3.8, 4) is 11.5 Å². The first-order chi connectivity index (χ1) is 9.38. The Hall–Kier alpha value is -1.98. The van der Waals surface area contributed by atoms with Crippen molar-refractivity contribution in [3.63, 3.8) is 0 Å². The fourth-order valence-corrected chi connectivity index (χ4v) is 2.18. The average molecular weight is 260 g/mol. The Bertz CT molecular complexity index is 540. The molecule has 0 aliphatic carbocycles. The summed E-state index contributed by atoms with van der Waals surface area (Å²) in [5.74, 6) is 7.18. The van der Waals surface area contributed by atoms with Crippen molar-refractivity contribution in [2.75, 3.05) is 13.2 Å². The van der Waals surface area contributed by atoms with Crippen molar-refractivity contribution in [2.45, 2.75) is 12.5 Å². The molecule has 1 aliphatic heterocycles. The normalized spacial score (nSPS) is 15.8. The largest absolute Gasteiger partial charge is 0.490 e. The molecular weight excluding hydrogens is 244 g/mol. The standard InChI is InChI=1S/C14H16N2O3/c15-16-14(11-4-7-17-9-11)10-2-3-12-13(8-10)19-6-1-5-18-12/h2-4,7-9,14,16H,1,5-6,15H2. The molecule has 0 radical (unpaired) electrons. The van der Waals surface area contributed by atoms with E-state index < -0.39 is 0 Å². The molecule has 1 aromatic heterocycles. The second-order valence-electron chi connectivity index (χ2n) is 4.41. The molecule has 0 bridgehead atoms. The maximum atomic E-state index is 5.68. The Morgan fingerprint density at radius 1 is 1.05 bits per heavy atom. The van der Waals surface area contributed by atoms with E-state index in [0.717, 1.165) is 29.0 Å². The Labute approximate surface area is 111 Å². The molecule has 3 N–H and O–H groups in total. The monoisotopic (exact) mass is 260 g/mol. The van der Waals surface area contributed by atoms with Gasteiger partial charge < -0.3 is 13.9 Å². The number of nitrogens with one attached hydrogen (secondary N) is 1. The first kappa shape index (κ1) is 12.1. The second-order valence-corrected chi connectivity index (χ2v) is 4.41. The molecule has 0 spiro atoms. The third-order valence-corrected chi connectivity index (χ3v) is 3.15. The zero-order valence-electron chi connectivity index (χ0n) is 10.5. The van der Waals surface area contributed by atoms with Crippen molar-refractivity contribution in [3.05, 3.63) is 47.9 Å². The van der Waals surface area contributed by atoms with Crippen LogP contribution in [0, 0.1) is 0 Å². The number of hydrogen-bond acceptors (Lipinski definition) is 5. The van der Waals surface area contributed by atoms with Crippen molar-refractivity contribution in [2.24, 2.45) is 5.84 Å². The van der Waals surface area contributed by atoms with Gasteiger partial charge in [0.1, 0.15) is 0 Å². The van der Waals surface area contributed by atoms with E-state index in [1.54, 1.807) is 12.5 Å². The molecule has 0 amide bonds. The predicted molar refractivity (Wildman–Crippen MR) is 69.9 cm³/mol. The lowest BCUT2D eigenvalue weighted by molar-refractivity contribution is 0.297. The van der Waals surface area contributed by atoms with Crippen LogP contribution in [0.1, 0.15) is 23.6 Å². The highest BCUT2D eigenvalue weighted by molar-refractivity contribution is 5.45. The summed E-state index contributed by atoms with van der Waals surface area (Å²) in [6.07, 6.45) is 4.20. The SMILES string of the molecule is NNC(c1ccoc1)c1ccc2c(c1)OCCCO2. The first-order valence-electron chi connectivity index (χ1n) is 6.26. The number of rotatable bonds is 3.